The second-order valence-corrected chi connectivity index (χ2v) is 9.57. The molecule has 4 atom stereocenters. The van der Waals surface area contributed by atoms with Gasteiger partial charge in [-0.25, -0.2) is 8.93 Å². The smallest absolute Gasteiger partial charge is 0.264 e. The Morgan fingerprint density at radius 1 is 1.17 bits per heavy atom. The van der Waals surface area contributed by atoms with Gasteiger partial charge in [-0.3, -0.25) is 4.79 Å². The molecule has 1 saturated carbocycles. The van der Waals surface area contributed by atoms with Crippen LogP contribution in [0.4, 0.5) is 0 Å². The van der Waals surface area contributed by atoms with Gasteiger partial charge in [0.1, 0.15) is 5.75 Å². The molecule has 6 nitrogen and oxygen atoms in total. The van der Waals surface area contributed by atoms with Crippen LogP contribution in [0.5, 0.6) is 5.75 Å². The number of hydrogen-bond donors (Lipinski definition) is 1. The number of para-hydroxylation sites is 1. The van der Waals surface area contributed by atoms with Crippen molar-refractivity contribution in [3.8, 4) is 5.75 Å². The third-order valence-corrected chi connectivity index (χ3v) is 7.23. The van der Waals surface area contributed by atoms with Gasteiger partial charge < -0.3 is 14.4 Å². The molecule has 1 amide bonds. The molecule has 3 aliphatic heterocycles. The third-order valence-electron chi connectivity index (χ3n) is 6.60. The van der Waals surface area contributed by atoms with E-state index in [2.05, 4.69) is 16.9 Å². The van der Waals surface area contributed by atoms with Crippen LogP contribution in [0.1, 0.15) is 56.9 Å². The summed E-state index contributed by atoms with van der Waals surface area (Å²) >= 11 is 0. The van der Waals surface area contributed by atoms with Crippen LogP contribution in [0.3, 0.4) is 0 Å². The number of carbonyl (C=O) groups excluding carboxylic acids is 1. The molecule has 4 aliphatic rings. The Morgan fingerprint density at radius 3 is 2.66 bits per heavy atom. The van der Waals surface area contributed by atoms with Gasteiger partial charge in [-0.1, -0.05) is 25.1 Å². The van der Waals surface area contributed by atoms with Crippen LogP contribution in [-0.4, -0.2) is 58.7 Å². The van der Waals surface area contributed by atoms with Gasteiger partial charge in [0.2, 0.25) is 0 Å². The van der Waals surface area contributed by atoms with Gasteiger partial charge in [-0.15, -0.1) is 0 Å². The van der Waals surface area contributed by atoms with Crippen LogP contribution in [0.2, 0.25) is 0 Å². The van der Waals surface area contributed by atoms with Crippen molar-refractivity contribution < 1.29 is 18.5 Å². The molecule has 160 valence electrons. The first-order valence-corrected chi connectivity index (χ1v) is 12.4. The maximum Gasteiger partial charge on any atom is 0.264 e. The van der Waals surface area contributed by atoms with Crippen molar-refractivity contribution in [2.75, 3.05) is 19.4 Å². The fourth-order valence-corrected chi connectivity index (χ4v) is 5.73. The van der Waals surface area contributed by atoms with Crippen LogP contribution < -0.4 is 9.46 Å². The summed E-state index contributed by atoms with van der Waals surface area (Å²) in [7, 11) is -1.13. The van der Waals surface area contributed by atoms with Crippen molar-refractivity contribution in [2.45, 2.75) is 75.7 Å². The molecule has 2 bridgehead atoms. The van der Waals surface area contributed by atoms with Gasteiger partial charge in [0.25, 0.3) is 5.91 Å². The number of amides is 1. The Labute approximate surface area is 175 Å². The van der Waals surface area contributed by atoms with Gasteiger partial charge in [-0.2, -0.15) is 0 Å². The lowest BCUT2D eigenvalue weighted by Crippen LogP contribution is -2.51. The monoisotopic (exact) mass is 420 g/mol. The fourth-order valence-electron chi connectivity index (χ4n) is 5.03. The normalized spacial score (nSPS) is 33.7. The minimum atomic E-state index is -1.13. The molecule has 0 aromatic heterocycles. The molecule has 1 saturated heterocycles. The van der Waals surface area contributed by atoms with Crippen LogP contribution in [0.25, 0.3) is 0 Å². The summed E-state index contributed by atoms with van der Waals surface area (Å²) in [5.41, 5.74) is 1.22. The summed E-state index contributed by atoms with van der Waals surface area (Å²) in [5, 5.41) is 0. The zero-order valence-corrected chi connectivity index (χ0v) is 18.2. The Morgan fingerprint density at radius 2 is 1.93 bits per heavy atom. The van der Waals surface area contributed by atoms with E-state index >= 15 is 0 Å². The van der Waals surface area contributed by atoms with Crippen molar-refractivity contribution in [2.24, 2.45) is 0 Å². The zero-order chi connectivity index (χ0) is 20.4. The summed E-state index contributed by atoms with van der Waals surface area (Å²) in [5.74, 6) is 1.31. The number of benzene rings is 1. The molecule has 0 spiro atoms. The number of nitrogens with zero attached hydrogens (tertiary/aromatic N) is 1. The maximum atomic E-state index is 13.4. The number of ether oxygens (including phenoxy) is 2. The molecular weight excluding hydrogens is 388 g/mol. The highest BCUT2D eigenvalue weighted by molar-refractivity contribution is 7.82. The number of nitrogens with one attached hydrogen (secondary N) is 1. The fraction of sp³-hybridized carbons (Fsp3) is 0.682. The summed E-state index contributed by atoms with van der Waals surface area (Å²) in [4.78, 5) is 15.3. The van der Waals surface area contributed by atoms with E-state index in [9.17, 15) is 9.00 Å². The number of rotatable bonds is 3. The molecule has 5 rings (SSSR count). The highest BCUT2D eigenvalue weighted by atomic mass is 32.2. The number of hydrogen-bond acceptors (Lipinski definition) is 4. The first kappa shape index (κ1) is 20.8. The minimum Gasteiger partial charge on any atom is -0.480 e. The van der Waals surface area contributed by atoms with Crippen molar-refractivity contribution in [3.63, 3.8) is 0 Å². The lowest BCUT2D eigenvalue weighted by Gasteiger charge is -2.32. The van der Waals surface area contributed by atoms with Crippen LogP contribution in [0, 0.1) is 0 Å². The zero-order valence-electron chi connectivity index (χ0n) is 17.3. The van der Waals surface area contributed by atoms with Gasteiger partial charge in [-0.05, 0) is 56.1 Å². The number of carbonyl (C=O) groups is 1. The Kier molecular flexibility index (Phi) is 6.56. The molecule has 1 N–H and O–H groups in total. The lowest BCUT2D eigenvalue weighted by molar-refractivity contribution is -0.141. The minimum absolute atomic E-state index is 0.00804. The van der Waals surface area contributed by atoms with Crippen LogP contribution >= 0.6 is 0 Å². The Hall–Kier alpha value is -1.44. The summed E-state index contributed by atoms with van der Waals surface area (Å²) in [6.45, 7) is 3.11. The highest BCUT2D eigenvalue weighted by Crippen LogP contribution is 2.39. The quantitative estimate of drug-likeness (QED) is 0.817. The standard InChI is InChI=1S/C22H32N2O4S/c1-3-20-22(25)24-13-12-18(23-29(2)26)19(24)14-27-16-10-8-15(9-11-16)17-6-4-5-7-21(17)28-20/h4-7,15-16,18-20,23H,3,8-14H2,1-2H3/t15?,16?,18-,19-,20+,29?/m0/s1. The molecule has 7 heteroatoms. The predicted octanol–water partition coefficient (Wildman–Crippen LogP) is 2.75. The van der Waals surface area contributed by atoms with E-state index in [1.807, 2.05) is 24.0 Å². The molecule has 1 aliphatic carbocycles. The molecular formula is C22H32N2O4S. The first-order valence-electron chi connectivity index (χ1n) is 10.8. The predicted molar refractivity (Wildman–Crippen MR) is 113 cm³/mol. The number of fused-ring (bicyclic) bond motifs is 5. The second-order valence-electron chi connectivity index (χ2n) is 8.43. The summed E-state index contributed by atoms with van der Waals surface area (Å²) in [6, 6.07) is 8.06. The van der Waals surface area contributed by atoms with E-state index in [1.54, 1.807) is 6.26 Å². The van der Waals surface area contributed by atoms with E-state index < -0.39 is 17.1 Å². The SMILES string of the molecule is CC[C@H]1Oc2ccccc2C2CCC(CC2)OC[C@H]2[C@@H](NS(C)=O)CCN2C1=O. The molecule has 3 heterocycles. The van der Waals surface area contributed by atoms with Gasteiger partial charge >= 0.3 is 0 Å². The average Bonchev–Trinajstić information content (AvgIpc) is 3.12. The molecule has 2 fully saturated rings. The first-order chi connectivity index (χ1) is 14.1. The maximum absolute atomic E-state index is 13.4. The van der Waals surface area contributed by atoms with Gasteiger partial charge in [0, 0.05) is 18.8 Å². The Balaban J connectivity index is 1.65. The molecule has 1 aromatic carbocycles. The van der Waals surface area contributed by atoms with E-state index in [0.29, 0.717) is 25.5 Å². The lowest BCUT2D eigenvalue weighted by atomic mass is 9.82. The third kappa shape index (κ3) is 4.52. The van der Waals surface area contributed by atoms with E-state index in [1.165, 1.54) is 5.56 Å². The highest BCUT2D eigenvalue weighted by Gasteiger charge is 2.41. The van der Waals surface area contributed by atoms with Gasteiger partial charge in [0.15, 0.2) is 6.10 Å². The molecule has 1 aromatic rings. The van der Waals surface area contributed by atoms with Crippen molar-refractivity contribution >= 4 is 16.9 Å². The van der Waals surface area contributed by atoms with Crippen molar-refractivity contribution in [1.29, 1.82) is 0 Å². The van der Waals surface area contributed by atoms with Crippen molar-refractivity contribution in [1.82, 2.24) is 9.62 Å². The summed E-state index contributed by atoms with van der Waals surface area (Å²) in [6.07, 6.45) is 6.94. The van der Waals surface area contributed by atoms with E-state index in [4.69, 9.17) is 9.47 Å². The molecule has 29 heavy (non-hydrogen) atoms. The van der Waals surface area contributed by atoms with Crippen LogP contribution in [0.15, 0.2) is 24.3 Å². The topological polar surface area (TPSA) is 67.9 Å². The second kappa shape index (κ2) is 9.14. The van der Waals surface area contributed by atoms with Crippen LogP contribution in [-0.2, 0) is 20.5 Å². The van der Waals surface area contributed by atoms with Gasteiger partial charge in [0.05, 0.1) is 29.7 Å². The average molecular weight is 421 g/mol. The van der Waals surface area contributed by atoms with E-state index in [-0.39, 0.29) is 24.1 Å². The Bertz CT molecular complexity index is 750. The largest absolute Gasteiger partial charge is 0.480 e. The summed E-state index contributed by atoms with van der Waals surface area (Å²) < 4.78 is 27.6. The van der Waals surface area contributed by atoms with E-state index in [0.717, 1.165) is 37.9 Å². The molecule has 0 radical (unpaired) electrons. The molecule has 1 unspecified atom stereocenters. The van der Waals surface area contributed by atoms with Crippen molar-refractivity contribution in [3.05, 3.63) is 29.8 Å².